The van der Waals surface area contributed by atoms with Gasteiger partial charge in [0.1, 0.15) is 11.5 Å². The van der Waals surface area contributed by atoms with Gasteiger partial charge < -0.3 is 15.2 Å². The third kappa shape index (κ3) is 3.55. The van der Waals surface area contributed by atoms with E-state index in [9.17, 15) is 5.11 Å². The molecule has 0 radical (unpaired) electrons. The number of anilines is 1. The van der Waals surface area contributed by atoms with Gasteiger partial charge in [0, 0.05) is 28.3 Å². The fourth-order valence-electron chi connectivity index (χ4n) is 1.68. The molecule has 2 aromatic rings. The van der Waals surface area contributed by atoms with Gasteiger partial charge in [0.15, 0.2) is 0 Å². The Morgan fingerprint density at radius 3 is 2.84 bits per heavy atom. The summed E-state index contributed by atoms with van der Waals surface area (Å²) in [6.45, 7) is 0.478. The van der Waals surface area contributed by atoms with Crippen molar-refractivity contribution < 1.29 is 9.84 Å². The van der Waals surface area contributed by atoms with Crippen molar-refractivity contribution in [3.05, 3.63) is 51.5 Å². The number of phenols is 1. The number of hydrogen-bond donors (Lipinski definition) is 2. The van der Waals surface area contributed by atoms with E-state index >= 15 is 0 Å². The van der Waals surface area contributed by atoms with E-state index in [2.05, 4.69) is 21.2 Å². The molecule has 0 atom stereocenters. The predicted molar refractivity (Wildman–Crippen MR) is 81.1 cm³/mol. The molecule has 0 saturated heterocycles. The van der Waals surface area contributed by atoms with E-state index in [0.29, 0.717) is 11.6 Å². The summed E-state index contributed by atoms with van der Waals surface area (Å²) in [6, 6.07) is 11.0. The fraction of sp³-hybridized carbons (Fsp3) is 0.143. The molecule has 19 heavy (non-hydrogen) atoms. The zero-order valence-electron chi connectivity index (χ0n) is 10.3. The number of halogens is 2. The van der Waals surface area contributed by atoms with Crippen LogP contribution in [-0.2, 0) is 6.54 Å². The molecule has 2 aromatic carbocycles. The van der Waals surface area contributed by atoms with Gasteiger partial charge in [0.05, 0.1) is 12.1 Å². The predicted octanol–water partition coefficient (Wildman–Crippen LogP) is 4.43. The van der Waals surface area contributed by atoms with Crippen LogP contribution in [0.15, 0.2) is 40.9 Å². The number of rotatable bonds is 4. The first-order valence-electron chi connectivity index (χ1n) is 5.65. The first-order valence-corrected chi connectivity index (χ1v) is 6.82. The van der Waals surface area contributed by atoms with Crippen molar-refractivity contribution in [3.8, 4) is 11.5 Å². The van der Waals surface area contributed by atoms with E-state index in [1.807, 2.05) is 24.3 Å². The van der Waals surface area contributed by atoms with Gasteiger partial charge in [-0.25, -0.2) is 0 Å². The zero-order valence-corrected chi connectivity index (χ0v) is 12.6. The van der Waals surface area contributed by atoms with E-state index < -0.39 is 0 Å². The Labute approximate surface area is 125 Å². The van der Waals surface area contributed by atoms with Crippen molar-refractivity contribution in [3.63, 3.8) is 0 Å². The third-order valence-electron chi connectivity index (χ3n) is 2.66. The van der Waals surface area contributed by atoms with Gasteiger partial charge in [0.2, 0.25) is 0 Å². The highest BCUT2D eigenvalue weighted by molar-refractivity contribution is 9.10. The first kappa shape index (κ1) is 14.0. The summed E-state index contributed by atoms with van der Waals surface area (Å²) in [5.74, 6) is 0.866. The van der Waals surface area contributed by atoms with Crippen LogP contribution in [-0.4, -0.2) is 12.2 Å². The second-order valence-corrected chi connectivity index (χ2v) is 5.30. The number of hydrogen-bond acceptors (Lipinski definition) is 3. The highest BCUT2D eigenvalue weighted by Gasteiger charge is 2.05. The Kier molecular flexibility index (Phi) is 4.56. The lowest BCUT2D eigenvalue weighted by molar-refractivity contribution is 0.414. The number of nitrogens with one attached hydrogen (secondary N) is 1. The lowest BCUT2D eigenvalue weighted by Gasteiger charge is -2.10. The molecular formula is C14H13BrClNO2. The number of para-hydroxylation sites is 1. The number of ether oxygens (including phenoxy) is 1. The molecule has 0 saturated carbocycles. The second-order valence-electron chi connectivity index (χ2n) is 3.98. The summed E-state index contributed by atoms with van der Waals surface area (Å²) in [4.78, 5) is 0. The minimum Gasteiger partial charge on any atom is -0.506 e. The lowest BCUT2D eigenvalue weighted by Crippen LogP contribution is -2.00. The molecule has 0 unspecified atom stereocenters. The molecule has 100 valence electrons. The van der Waals surface area contributed by atoms with Crippen molar-refractivity contribution in [2.24, 2.45) is 0 Å². The average molecular weight is 343 g/mol. The van der Waals surface area contributed by atoms with Crippen LogP contribution in [0.4, 0.5) is 5.69 Å². The van der Waals surface area contributed by atoms with Crippen LogP contribution >= 0.6 is 27.5 Å². The molecule has 0 bridgehead atoms. The summed E-state index contributed by atoms with van der Waals surface area (Å²) in [7, 11) is 1.62. The fourth-order valence-corrected chi connectivity index (χ4v) is 2.35. The quantitative estimate of drug-likeness (QED) is 0.863. The molecule has 5 heteroatoms. The van der Waals surface area contributed by atoms with Gasteiger partial charge in [-0.15, -0.1) is 0 Å². The summed E-state index contributed by atoms with van der Waals surface area (Å²) in [5.41, 5.74) is 1.64. The Morgan fingerprint density at radius 1 is 1.32 bits per heavy atom. The molecular weight excluding hydrogens is 330 g/mol. The average Bonchev–Trinajstić information content (AvgIpc) is 2.40. The maximum Gasteiger partial charge on any atom is 0.139 e. The summed E-state index contributed by atoms with van der Waals surface area (Å²) in [6.07, 6.45) is 0. The van der Waals surface area contributed by atoms with Crippen LogP contribution in [0.5, 0.6) is 11.5 Å². The third-order valence-corrected chi connectivity index (χ3v) is 3.42. The summed E-state index contributed by atoms with van der Waals surface area (Å²) < 4.78 is 6.11. The number of aromatic hydroxyl groups is 1. The Morgan fingerprint density at radius 2 is 2.11 bits per heavy atom. The van der Waals surface area contributed by atoms with Crippen LogP contribution in [0.3, 0.4) is 0 Å². The molecule has 0 aliphatic rings. The van der Waals surface area contributed by atoms with Crippen molar-refractivity contribution in [2.75, 3.05) is 12.4 Å². The van der Waals surface area contributed by atoms with Gasteiger partial charge in [0.25, 0.3) is 0 Å². The Balaban J connectivity index is 2.14. The van der Waals surface area contributed by atoms with Crippen LogP contribution in [0.2, 0.25) is 5.02 Å². The molecule has 0 spiro atoms. The number of methoxy groups -OCH3 is 1. The first-order chi connectivity index (χ1) is 9.10. The molecule has 0 heterocycles. The molecule has 0 aliphatic carbocycles. The maximum atomic E-state index is 9.83. The van der Waals surface area contributed by atoms with Gasteiger partial charge in [-0.2, -0.15) is 0 Å². The van der Waals surface area contributed by atoms with Crippen molar-refractivity contribution in [1.82, 2.24) is 0 Å². The largest absolute Gasteiger partial charge is 0.506 e. The number of benzene rings is 2. The molecule has 0 aliphatic heterocycles. The molecule has 2 N–H and O–H groups in total. The van der Waals surface area contributed by atoms with E-state index in [1.165, 1.54) is 0 Å². The smallest absolute Gasteiger partial charge is 0.139 e. The van der Waals surface area contributed by atoms with Crippen molar-refractivity contribution in [1.29, 1.82) is 0 Å². The van der Waals surface area contributed by atoms with Gasteiger partial charge in [-0.1, -0.05) is 39.7 Å². The molecule has 3 nitrogen and oxygen atoms in total. The van der Waals surface area contributed by atoms with E-state index in [0.717, 1.165) is 21.5 Å². The standard InChI is InChI=1S/C14H13BrClNO2/c1-19-12-6-10(15)5-11(7-12)17-8-9-3-2-4-13(16)14(9)18/h2-7,17-18H,8H2,1H3. The molecule has 0 fully saturated rings. The minimum absolute atomic E-state index is 0.110. The SMILES string of the molecule is COc1cc(Br)cc(NCc2cccc(Cl)c2O)c1. The van der Waals surface area contributed by atoms with Gasteiger partial charge in [-0.3, -0.25) is 0 Å². The maximum absolute atomic E-state index is 9.83. The zero-order chi connectivity index (χ0) is 13.8. The molecule has 2 rings (SSSR count). The van der Waals surface area contributed by atoms with E-state index in [4.69, 9.17) is 16.3 Å². The Bertz CT molecular complexity index is 590. The van der Waals surface area contributed by atoms with Crippen LogP contribution in [0, 0.1) is 0 Å². The van der Waals surface area contributed by atoms with Crippen LogP contribution in [0.1, 0.15) is 5.56 Å². The lowest BCUT2D eigenvalue weighted by atomic mass is 10.2. The molecule has 0 amide bonds. The van der Waals surface area contributed by atoms with Crippen LogP contribution in [0.25, 0.3) is 0 Å². The number of phenolic OH excluding ortho intramolecular Hbond substituents is 1. The van der Waals surface area contributed by atoms with E-state index in [-0.39, 0.29) is 5.75 Å². The van der Waals surface area contributed by atoms with Crippen molar-refractivity contribution >= 4 is 33.2 Å². The van der Waals surface area contributed by atoms with Crippen molar-refractivity contribution in [2.45, 2.75) is 6.54 Å². The van der Waals surface area contributed by atoms with E-state index in [1.54, 1.807) is 19.2 Å². The highest BCUT2D eigenvalue weighted by atomic mass is 79.9. The second kappa shape index (κ2) is 6.17. The summed E-state index contributed by atoms with van der Waals surface area (Å²) in [5, 5.41) is 13.4. The van der Waals surface area contributed by atoms with Crippen LogP contribution < -0.4 is 10.1 Å². The summed E-state index contributed by atoms with van der Waals surface area (Å²) >= 11 is 9.28. The minimum atomic E-state index is 0.110. The van der Waals surface area contributed by atoms with Gasteiger partial charge >= 0.3 is 0 Å². The Hall–Kier alpha value is -1.39. The van der Waals surface area contributed by atoms with Gasteiger partial charge in [-0.05, 0) is 18.2 Å². The molecule has 0 aromatic heterocycles. The topological polar surface area (TPSA) is 41.5 Å². The normalized spacial score (nSPS) is 10.3. The monoisotopic (exact) mass is 341 g/mol. The highest BCUT2D eigenvalue weighted by Crippen LogP contribution is 2.29.